The van der Waals surface area contributed by atoms with Crippen LogP contribution in [0.4, 0.5) is 0 Å². The van der Waals surface area contributed by atoms with Crippen LogP contribution in [0.3, 0.4) is 0 Å². The number of carbonyl (C=O) groups is 1. The summed E-state index contributed by atoms with van der Waals surface area (Å²) in [6, 6.07) is 7.74. The first-order valence-electron chi connectivity index (χ1n) is 7.45. The fourth-order valence-electron chi connectivity index (χ4n) is 2.65. The molecule has 0 bridgehead atoms. The van der Waals surface area contributed by atoms with Gasteiger partial charge >= 0.3 is 0 Å². The molecule has 1 aliphatic heterocycles. The molecule has 0 unspecified atom stereocenters. The highest BCUT2D eigenvalue weighted by molar-refractivity contribution is 5.86. The third-order valence-corrected chi connectivity index (χ3v) is 3.83. The number of likely N-dealkylation sites (tertiary alicyclic amines) is 1. The predicted octanol–water partition coefficient (Wildman–Crippen LogP) is 2.41. The Bertz CT molecular complexity index is 616. The zero-order chi connectivity index (χ0) is 14.5. The van der Waals surface area contributed by atoms with Gasteiger partial charge in [-0.2, -0.15) is 5.10 Å². The van der Waals surface area contributed by atoms with Crippen LogP contribution < -0.4 is 4.74 Å². The number of fused-ring (bicyclic) bond motifs is 1. The fourth-order valence-corrected chi connectivity index (χ4v) is 2.65. The molecule has 1 fully saturated rings. The molecular weight excluding hydrogens is 266 g/mol. The standard InChI is InChI=1S/C16H19N3O2/c20-15(19-9-5-1-2-6-10-19)12-21-16-14-8-4-3-7-13(14)11-17-18-16/h3-4,7-8,11H,1-2,5-6,9-10,12H2. The molecule has 2 aromatic rings. The molecule has 0 aliphatic carbocycles. The summed E-state index contributed by atoms with van der Waals surface area (Å²) in [5.74, 6) is 0.461. The number of amides is 1. The van der Waals surface area contributed by atoms with Crippen molar-refractivity contribution >= 4 is 16.7 Å². The zero-order valence-corrected chi connectivity index (χ0v) is 12.0. The quantitative estimate of drug-likeness (QED) is 0.869. The Morgan fingerprint density at radius 1 is 1.14 bits per heavy atom. The number of hydrogen-bond donors (Lipinski definition) is 0. The van der Waals surface area contributed by atoms with Crippen molar-refractivity contribution in [1.82, 2.24) is 15.1 Å². The molecule has 2 heterocycles. The van der Waals surface area contributed by atoms with E-state index < -0.39 is 0 Å². The number of benzene rings is 1. The molecule has 3 rings (SSSR count). The Kier molecular flexibility index (Phi) is 4.28. The van der Waals surface area contributed by atoms with Crippen molar-refractivity contribution in [1.29, 1.82) is 0 Å². The van der Waals surface area contributed by atoms with Crippen molar-refractivity contribution in [3.05, 3.63) is 30.5 Å². The Morgan fingerprint density at radius 2 is 1.90 bits per heavy atom. The number of rotatable bonds is 3. The second-order valence-corrected chi connectivity index (χ2v) is 5.32. The number of ether oxygens (including phenoxy) is 1. The fraction of sp³-hybridized carbons (Fsp3) is 0.438. The van der Waals surface area contributed by atoms with Gasteiger partial charge in [-0.1, -0.05) is 31.0 Å². The Hall–Kier alpha value is -2.17. The molecule has 0 saturated carbocycles. The van der Waals surface area contributed by atoms with Gasteiger partial charge in [0.25, 0.3) is 5.91 Å². The Morgan fingerprint density at radius 3 is 2.71 bits per heavy atom. The number of nitrogens with zero attached hydrogens (tertiary/aromatic N) is 3. The van der Waals surface area contributed by atoms with Gasteiger partial charge in [-0.15, -0.1) is 5.10 Å². The molecule has 0 atom stereocenters. The number of hydrogen-bond acceptors (Lipinski definition) is 4. The van der Waals surface area contributed by atoms with E-state index in [1.165, 1.54) is 12.8 Å². The second-order valence-electron chi connectivity index (χ2n) is 5.32. The minimum Gasteiger partial charge on any atom is -0.466 e. The highest BCUT2D eigenvalue weighted by Gasteiger charge is 2.16. The first-order chi connectivity index (χ1) is 10.3. The zero-order valence-electron chi connectivity index (χ0n) is 12.0. The van der Waals surface area contributed by atoms with Crippen LogP contribution in [0.5, 0.6) is 5.88 Å². The van der Waals surface area contributed by atoms with E-state index >= 15 is 0 Å². The van der Waals surface area contributed by atoms with E-state index in [9.17, 15) is 4.79 Å². The van der Waals surface area contributed by atoms with Crippen molar-refractivity contribution < 1.29 is 9.53 Å². The maximum Gasteiger partial charge on any atom is 0.260 e. The molecular formula is C16H19N3O2. The summed E-state index contributed by atoms with van der Waals surface area (Å²) in [4.78, 5) is 14.1. The molecule has 0 radical (unpaired) electrons. The van der Waals surface area contributed by atoms with Crippen molar-refractivity contribution in [3.63, 3.8) is 0 Å². The van der Waals surface area contributed by atoms with Crippen LogP contribution >= 0.6 is 0 Å². The normalized spacial score (nSPS) is 15.7. The summed E-state index contributed by atoms with van der Waals surface area (Å²) in [7, 11) is 0. The van der Waals surface area contributed by atoms with Gasteiger partial charge in [-0.25, -0.2) is 0 Å². The van der Waals surface area contributed by atoms with Crippen LogP contribution in [0.25, 0.3) is 10.8 Å². The summed E-state index contributed by atoms with van der Waals surface area (Å²) in [5, 5.41) is 9.77. The van der Waals surface area contributed by atoms with Gasteiger partial charge in [-0.3, -0.25) is 4.79 Å². The summed E-state index contributed by atoms with van der Waals surface area (Å²) < 4.78 is 5.61. The molecule has 0 N–H and O–H groups in total. The van der Waals surface area contributed by atoms with Crippen LogP contribution in [0.1, 0.15) is 25.7 Å². The van der Waals surface area contributed by atoms with E-state index in [0.717, 1.165) is 36.7 Å². The largest absolute Gasteiger partial charge is 0.466 e. The van der Waals surface area contributed by atoms with Gasteiger partial charge < -0.3 is 9.64 Å². The topological polar surface area (TPSA) is 55.3 Å². The van der Waals surface area contributed by atoms with Crippen LogP contribution in [0.2, 0.25) is 0 Å². The Labute approximate surface area is 123 Å². The van der Waals surface area contributed by atoms with Crippen LogP contribution in [-0.4, -0.2) is 40.7 Å². The Balaban J connectivity index is 1.67. The highest BCUT2D eigenvalue weighted by atomic mass is 16.5. The molecule has 1 aromatic heterocycles. The van der Waals surface area contributed by atoms with E-state index in [1.54, 1.807) is 6.20 Å². The molecule has 5 heteroatoms. The lowest BCUT2D eigenvalue weighted by molar-refractivity contribution is -0.133. The van der Waals surface area contributed by atoms with E-state index in [2.05, 4.69) is 10.2 Å². The molecule has 21 heavy (non-hydrogen) atoms. The van der Waals surface area contributed by atoms with Gasteiger partial charge in [0, 0.05) is 23.9 Å². The first kappa shape index (κ1) is 13.8. The van der Waals surface area contributed by atoms with Crippen molar-refractivity contribution in [2.75, 3.05) is 19.7 Å². The summed E-state index contributed by atoms with van der Waals surface area (Å²) in [6.45, 7) is 1.70. The van der Waals surface area contributed by atoms with Crippen molar-refractivity contribution in [2.24, 2.45) is 0 Å². The maximum atomic E-state index is 12.2. The molecule has 0 spiro atoms. The highest BCUT2D eigenvalue weighted by Crippen LogP contribution is 2.21. The van der Waals surface area contributed by atoms with Crippen LogP contribution in [-0.2, 0) is 4.79 Å². The molecule has 1 aliphatic rings. The third kappa shape index (κ3) is 3.29. The monoisotopic (exact) mass is 285 g/mol. The van der Waals surface area contributed by atoms with E-state index in [1.807, 2.05) is 29.2 Å². The minimum absolute atomic E-state index is 0.0304. The molecule has 1 amide bonds. The molecule has 5 nitrogen and oxygen atoms in total. The average Bonchev–Trinajstić information content (AvgIpc) is 2.82. The summed E-state index contributed by atoms with van der Waals surface area (Å²) in [5.41, 5.74) is 0. The lowest BCUT2D eigenvalue weighted by Gasteiger charge is -2.20. The smallest absolute Gasteiger partial charge is 0.260 e. The van der Waals surface area contributed by atoms with Gasteiger partial charge in [0.2, 0.25) is 5.88 Å². The average molecular weight is 285 g/mol. The minimum atomic E-state index is 0.0304. The van der Waals surface area contributed by atoms with Gasteiger partial charge in [0.1, 0.15) is 0 Å². The van der Waals surface area contributed by atoms with Gasteiger partial charge in [-0.05, 0) is 18.9 Å². The van der Waals surface area contributed by atoms with Crippen molar-refractivity contribution in [3.8, 4) is 5.88 Å². The van der Waals surface area contributed by atoms with Crippen LogP contribution in [0, 0.1) is 0 Å². The third-order valence-electron chi connectivity index (χ3n) is 3.83. The predicted molar refractivity (Wildman–Crippen MR) is 80.1 cm³/mol. The van der Waals surface area contributed by atoms with E-state index in [4.69, 9.17) is 4.74 Å². The van der Waals surface area contributed by atoms with E-state index in [-0.39, 0.29) is 12.5 Å². The SMILES string of the molecule is O=C(COc1nncc2ccccc12)N1CCCCCC1. The summed E-state index contributed by atoms with van der Waals surface area (Å²) in [6.07, 6.45) is 6.28. The van der Waals surface area contributed by atoms with Gasteiger partial charge in [0.15, 0.2) is 6.61 Å². The first-order valence-corrected chi connectivity index (χ1v) is 7.45. The number of carbonyl (C=O) groups excluding carboxylic acids is 1. The number of aromatic nitrogens is 2. The lowest BCUT2D eigenvalue weighted by Crippen LogP contribution is -2.35. The lowest BCUT2D eigenvalue weighted by atomic mass is 10.2. The molecule has 1 saturated heterocycles. The molecule has 1 aromatic carbocycles. The van der Waals surface area contributed by atoms with Gasteiger partial charge in [0.05, 0.1) is 6.20 Å². The maximum absolute atomic E-state index is 12.2. The van der Waals surface area contributed by atoms with Crippen LogP contribution in [0.15, 0.2) is 30.5 Å². The molecule has 110 valence electrons. The summed E-state index contributed by atoms with van der Waals surface area (Å²) >= 11 is 0. The second kappa shape index (κ2) is 6.52. The van der Waals surface area contributed by atoms with E-state index in [0.29, 0.717) is 5.88 Å². The van der Waals surface area contributed by atoms with Crippen molar-refractivity contribution in [2.45, 2.75) is 25.7 Å².